The van der Waals surface area contributed by atoms with Crippen LogP contribution in [0.4, 0.5) is 0 Å². The molecule has 1 amide bonds. The van der Waals surface area contributed by atoms with E-state index in [0.717, 1.165) is 21.1 Å². The van der Waals surface area contributed by atoms with Crippen molar-refractivity contribution in [2.45, 2.75) is 13.0 Å². The number of amides is 1. The maximum atomic E-state index is 12.0. The number of carbonyl (C=O) groups excluding carboxylic acids is 1. The normalized spacial score (nSPS) is 10.6. The summed E-state index contributed by atoms with van der Waals surface area (Å²) < 4.78 is 0. The van der Waals surface area contributed by atoms with Crippen LogP contribution in [0.3, 0.4) is 0 Å². The van der Waals surface area contributed by atoms with Gasteiger partial charge in [-0.25, -0.2) is 4.98 Å². The average molecular weight is 349 g/mol. The quantitative estimate of drug-likeness (QED) is 0.743. The van der Waals surface area contributed by atoms with Crippen LogP contribution in [0.2, 0.25) is 5.02 Å². The van der Waals surface area contributed by atoms with Crippen molar-refractivity contribution < 1.29 is 4.79 Å². The number of hydrogen-bond donors (Lipinski definition) is 1. The number of rotatable bonds is 5. The maximum absolute atomic E-state index is 12.0. The molecule has 0 aliphatic rings. The molecule has 112 valence electrons. The van der Waals surface area contributed by atoms with Gasteiger partial charge in [-0.05, 0) is 29.1 Å². The van der Waals surface area contributed by atoms with Crippen LogP contribution in [0.25, 0.3) is 9.88 Å². The van der Waals surface area contributed by atoms with E-state index in [2.05, 4.69) is 10.3 Å². The molecule has 0 bridgehead atoms. The summed E-state index contributed by atoms with van der Waals surface area (Å²) in [7, 11) is 0. The first kappa shape index (κ1) is 15.2. The standard InChI is InChI=1S/C16H13ClN2OS2/c17-12-5-3-11(4-6-12)9-18-15(20)8-13-10-22-16(19-13)14-2-1-7-21-14/h1-7,10H,8-9H2,(H,18,20). The van der Waals surface area contributed by atoms with E-state index < -0.39 is 0 Å². The predicted octanol–water partition coefficient (Wildman–Crippen LogP) is 4.38. The van der Waals surface area contributed by atoms with Gasteiger partial charge in [-0.1, -0.05) is 29.8 Å². The zero-order chi connectivity index (χ0) is 15.4. The van der Waals surface area contributed by atoms with Crippen LogP contribution < -0.4 is 5.32 Å². The van der Waals surface area contributed by atoms with Gasteiger partial charge >= 0.3 is 0 Å². The first-order valence-corrected chi connectivity index (χ1v) is 8.84. The second-order valence-corrected chi connectivity index (χ2v) is 6.94. The summed E-state index contributed by atoms with van der Waals surface area (Å²) >= 11 is 9.06. The second kappa shape index (κ2) is 7.05. The first-order valence-electron chi connectivity index (χ1n) is 6.70. The van der Waals surface area contributed by atoms with Crippen molar-refractivity contribution in [3.63, 3.8) is 0 Å². The maximum Gasteiger partial charge on any atom is 0.226 e. The summed E-state index contributed by atoms with van der Waals surface area (Å²) in [5, 5.41) is 8.52. The average Bonchev–Trinajstić information content (AvgIpc) is 3.17. The van der Waals surface area contributed by atoms with Gasteiger partial charge < -0.3 is 5.32 Å². The van der Waals surface area contributed by atoms with Gasteiger partial charge in [-0.15, -0.1) is 22.7 Å². The molecule has 1 N–H and O–H groups in total. The lowest BCUT2D eigenvalue weighted by molar-refractivity contribution is -0.120. The highest BCUT2D eigenvalue weighted by Gasteiger charge is 2.09. The Balaban J connectivity index is 1.54. The largest absolute Gasteiger partial charge is 0.352 e. The molecule has 0 saturated carbocycles. The Hall–Kier alpha value is -1.69. The van der Waals surface area contributed by atoms with Crippen LogP contribution in [0.5, 0.6) is 0 Å². The summed E-state index contributed by atoms with van der Waals surface area (Å²) in [5.41, 5.74) is 1.83. The van der Waals surface area contributed by atoms with Crippen LogP contribution in [-0.4, -0.2) is 10.9 Å². The van der Waals surface area contributed by atoms with Crippen molar-refractivity contribution >= 4 is 40.2 Å². The Kier molecular flexibility index (Phi) is 4.87. The fraction of sp³-hybridized carbons (Fsp3) is 0.125. The number of aromatic nitrogens is 1. The van der Waals surface area contributed by atoms with Crippen molar-refractivity contribution in [2.24, 2.45) is 0 Å². The molecule has 0 saturated heterocycles. The lowest BCUT2D eigenvalue weighted by Gasteiger charge is -2.04. The number of nitrogens with zero attached hydrogens (tertiary/aromatic N) is 1. The number of halogens is 1. The molecule has 3 nitrogen and oxygen atoms in total. The summed E-state index contributed by atoms with van der Waals surface area (Å²) in [4.78, 5) is 17.6. The van der Waals surface area contributed by atoms with Crippen molar-refractivity contribution in [1.29, 1.82) is 0 Å². The van der Waals surface area contributed by atoms with Gasteiger partial charge in [-0.3, -0.25) is 4.79 Å². The molecule has 0 aliphatic carbocycles. The van der Waals surface area contributed by atoms with Gasteiger partial charge in [0.05, 0.1) is 17.0 Å². The molecule has 22 heavy (non-hydrogen) atoms. The fourth-order valence-corrected chi connectivity index (χ4v) is 3.69. The Bertz CT molecular complexity index is 751. The Morgan fingerprint density at radius 2 is 2.00 bits per heavy atom. The summed E-state index contributed by atoms with van der Waals surface area (Å²) in [6.45, 7) is 0.498. The smallest absolute Gasteiger partial charge is 0.226 e. The SMILES string of the molecule is O=C(Cc1csc(-c2cccs2)n1)NCc1ccc(Cl)cc1. The van der Waals surface area contributed by atoms with E-state index >= 15 is 0 Å². The Labute approximate surface area is 141 Å². The van der Waals surface area contributed by atoms with Crippen molar-refractivity contribution in [3.8, 4) is 9.88 Å². The number of benzene rings is 1. The third-order valence-electron chi connectivity index (χ3n) is 3.03. The van der Waals surface area contributed by atoms with Crippen LogP contribution in [0.15, 0.2) is 47.2 Å². The molecule has 1 aromatic carbocycles. The Morgan fingerprint density at radius 1 is 1.18 bits per heavy atom. The summed E-state index contributed by atoms with van der Waals surface area (Å²) in [5.74, 6) is -0.0296. The fourth-order valence-electron chi connectivity index (χ4n) is 1.93. The number of nitrogens with one attached hydrogen (secondary N) is 1. The molecular formula is C16H13ClN2OS2. The molecule has 2 aromatic heterocycles. The van der Waals surface area contributed by atoms with E-state index in [0.29, 0.717) is 18.0 Å². The van der Waals surface area contributed by atoms with Gasteiger partial charge in [0.25, 0.3) is 0 Å². The number of carbonyl (C=O) groups is 1. The van der Waals surface area contributed by atoms with Crippen LogP contribution in [0, 0.1) is 0 Å². The van der Waals surface area contributed by atoms with E-state index in [-0.39, 0.29) is 5.91 Å². The number of thiophene rings is 1. The van der Waals surface area contributed by atoms with Crippen LogP contribution in [0.1, 0.15) is 11.3 Å². The van der Waals surface area contributed by atoms with Crippen LogP contribution in [-0.2, 0) is 17.8 Å². The second-order valence-electron chi connectivity index (χ2n) is 4.70. The molecular weight excluding hydrogens is 336 g/mol. The van der Waals surface area contributed by atoms with E-state index in [1.807, 2.05) is 47.2 Å². The lowest BCUT2D eigenvalue weighted by Crippen LogP contribution is -2.24. The first-order chi connectivity index (χ1) is 10.7. The van der Waals surface area contributed by atoms with Gasteiger partial charge in [-0.2, -0.15) is 0 Å². The number of thiazole rings is 1. The van der Waals surface area contributed by atoms with Crippen LogP contribution >= 0.6 is 34.3 Å². The molecule has 0 unspecified atom stereocenters. The molecule has 0 aliphatic heterocycles. The molecule has 0 spiro atoms. The highest BCUT2D eigenvalue weighted by Crippen LogP contribution is 2.27. The topological polar surface area (TPSA) is 42.0 Å². The van der Waals surface area contributed by atoms with Crippen molar-refractivity contribution in [1.82, 2.24) is 10.3 Å². The van der Waals surface area contributed by atoms with Crippen molar-refractivity contribution in [2.75, 3.05) is 0 Å². The lowest BCUT2D eigenvalue weighted by atomic mass is 10.2. The molecule has 0 atom stereocenters. The van der Waals surface area contributed by atoms with Gasteiger partial charge in [0, 0.05) is 16.9 Å². The molecule has 3 aromatic rings. The van der Waals surface area contributed by atoms with E-state index in [4.69, 9.17) is 11.6 Å². The number of hydrogen-bond acceptors (Lipinski definition) is 4. The molecule has 0 radical (unpaired) electrons. The predicted molar refractivity (Wildman–Crippen MR) is 92.4 cm³/mol. The van der Waals surface area contributed by atoms with Gasteiger partial charge in [0.1, 0.15) is 5.01 Å². The molecule has 3 rings (SSSR count). The zero-order valence-corrected chi connectivity index (χ0v) is 14.0. The molecule has 2 heterocycles. The third-order valence-corrected chi connectivity index (χ3v) is 5.21. The van der Waals surface area contributed by atoms with E-state index in [9.17, 15) is 4.79 Å². The Morgan fingerprint density at radius 3 is 2.73 bits per heavy atom. The zero-order valence-electron chi connectivity index (χ0n) is 11.6. The monoisotopic (exact) mass is 348 g/mol. The minimum absolute atomic E-state index is 0.0296. The highest BCUT2D eigenvalue weighted by atomic mass is 35.5. The highest BCUT2D eigenvalue weighted by molar-refractivity contribution is 7.20. The van der Waals surface area contributed by atoms with Gasteiger partial charge in [0.2, 0.25) is 5.91 Å². The third kappa shape index (κ3) is 3.94. The van der Waals surface area contributed by atoms with Crippen molar-refractivity contribution in [3.05, 3.63) is 63.4 Å². The molecule has 0 fully saturated rings. The van der Waals surface area contributed by atoms with E-state index in [1.54, 1.807) is 22.7 Å². The minimum atomic E-state index is -0.0296. The molecule has 6 heteroatoms. The summed E-state index contributed by atoms with van der Waals surface area (Å²) in [6.07, 6.45) is 0.301. The van der Waals surface area contributed by atoms with Gasteiger partial charge in [0.15, 0.2) is 0 Å². The minimum Gasteiger partial charge on any atom is -0.352 e. The van der Waals surface area contributed by atoms with E-state index in [1.165, 1.54) is 0 Å². The summed E-state index contributed by atoms with van der Waals surface area (Å²) in [6, 6.07) is 11.5.